The molecule has 0 aliphatic carbocycles. The lowest BCUT2D eigenvalue weighted by atomic mass is 9.79. The Morgan fingerprint density at radius 2 is 2.09 bits per heavy atom. The summed E-state index contributed by atoms with van der Waals surface area (Å²) in [5.74, 6) is -0.159. The Bertz CT molecular complexity index is 670. The van der Waals surface area contributed by atoms with Crippen molar-refractivity contribution in [3.8, 4) is 0 Å². The molecule has 1 unspecified atom stereocenters. The van der Waals surface area contributed by atoms with E-state index < -0.39 is 10.0 Å². The third-order valence-corrected chi connectivity index (χ3v) is 5.67. The Kier molecular flexibility index (Phi) is 4.60. The molecule has 0 radical (unpaired) electrons. The number of nitrogens with two attached hydrogens (primary N) is 1. The smallest absolute Gasteiger partial charge is 0.253 e. The summed E-state index contributed by atoms with van der Waals surface area (Å²) in [6.45, 7) is 5.24. The van der Waals surface area contributed by atoms with E-state index in [1.807, 2.05) is 13.8 Å². The van der Waals surface area contributed by atoms with Gasteiger partial charge in [-0.2, -0.15) is 0 Å². The van der Waals surface area contributed by atoms with Crippen LogP contribution in [0.4, 0.5) is 0 Å². The molecule has 0 saturated carbocycles. The van der Waals surface area contributed by atoms with Crippen LogP contribution < -0.4 is 10.5 Å². The molecule has 7 heteroatoms. The van der Waals surface area contributed by atoms with Crippen LogP contribution >= 0.6 is 0 Å². The van der Waals surface area contributed by atoms with Crippen LogP contribution in [0.3, 0.4) is 0 Å². The molecule has 1 aliphatic rings. The van der Waals surface area contributed by atoms with Gasteiger partial charge in [-0.25, -0.2) is 13.1 Å². The maximum Gasteiger partial charge on any atom is 0.253 e. The van der Waals surface area contributed by atoms with Gasteiger partial charge in [-0.1, -0.05) is 19.9 Å². The number of hydrogen-bond acceptors (Lipinski definition) is 4. The molecule has 1 fully saturated rings. The molecule has 1 heterocycles. The van der Waals surface area contributed by atoms with Crippen molar-refractivity contribution in [2.24, 2.45) is 11.1 Å². The van der Waals surface area contributed by atoms with Gasteiger partial charge in [-0.3, -0.25) is 4.79 Å². The number of rotatable bonds is 3. The van der Waals surface area contributed by atoms with E-state index in [4.69, 9.17) is 5.73 Å². The first-order valence-electron chi connectivity index (χ1n) is 7.26. The summed E-state index contributed by atoms with van der Waals surface area (Å²) in [6.07, 6.45) is 0.743. The molecular weight excluding hydrogens is 302 g/mol. The average molecular weight is 325 g/mol. The fraction of sp³-hybridized carbons (Fsp3) is 0.533. The van der Waals surface area contributed by atoms with E-state index in [1.54, 1.807) is 17.0 Å². The van der Waals surface area contributed by atoms with Gasteiger partial charge in [0, 0.05) is 24.7 Å². The van der Waals surface area contributed by atoms with Crippen LogP contribution in [0.25, 0.3) is 0 Å². The van der Waals surface area contributed by atoms with Gasteiger partial charge in [0.1, 0.15) is 0 Å². The van der Waals surface area contributed by atoms with Gasteiger partial charge in [-0.15, -0.1) is 0 Å². The van der Waals surface area contributed by atoms with Crippen LogP contribution in [-0.4, -0.2) is 45.4 Å². The number of carbonyl (C=O) groups is 1. The van der Waals surface area contributed by atoms with Crippen molar-refractivity contribution in [3.05, 3.63) is 29.8 Å². The second kappa shape index (κ2) is 5.98. The molecule has 6 nitrogen and oxygen atoms in total. The molecule has 2 rings (SSSR count). The summed E-state index contributed by atoms with van der Waals surface area (Å²) in [6, 6.07) is 6.16. The molecule has 1 saturated heterocycles. The zero-order valence-electron chi connectivity index (χ0n) is 13.2. The Morgan fingerprint density at radius 3 is 2.68 bits per heavy atom. The predicted octanol–water partition coefficient (Wildman–Crippen LogP) is 0.794. The molecule has 122 valence electrons. The highest BCUT2D eigenvalue weighted by molar-refractivity contribution is 7.89. The summed E-state index contributed by atoms with van der Waals surface area (Å²) in [5, 5.41) is 0. The molecule has 1 amide bonds. The Morgan fingerprint density at radius 1 is 1.41 bits per heavy atom. The zero-order chi connectivity index (χ0) is 16.5. The number of nitrogens with one attached hydrogen (secondary N) is 1. The van der Waals surface area contributed by atoms with E-state index in [0.29, 0.717) is 18.7 Å². The number of nitrogens with zero attached hydrogens (tertiary/aromatic N) is 1. The van der Waals surface area contributed by atoms with Crippen LogP contribution in [0.2, 0.25) is 0 Å². The van der Waals surface area contributed by atoms with Crippen molar-refractivity contribution in [2.45, 2.75) is 31.2 Å². The molecule has 1 aromatic carbocycles. The first-order chi connectivity index (χ1) is 10.2. The van der Waals surface area contributed by atoms with Crippen LogP contribution in [0.1, 0.15) is 30.6 Å². The first-order valence-corrected chi connectivity index (χ1v) is 8.74. The highest BCUT2D eigenvalue weighted by atomic mass is 32.2. The maximum atomic E-state index is 12.6. The van der Waals surface area contributed by atoms with Crippen molar-refractivity contribution in [1.82, 2.24) is 9.62 Å². The quantitative estimate of drug-likeness (QED) is 0.859. The molecular formula is C15H23N3O3S. The van der Waals surface area contributed by atoms with Crippen LogP contribution in [0.15, 0.2) is 29.2 Å². The van der Waals surface area contributed by atoms with Gasteiger partial charge in [0.15, 0.2) is 0 Å². The van der Waals surface area contributed by atoms with E-state index in [2.05, 4.69) is 4.72 Å². The van der Waals surface area contributed by atoms with Gasteiger partial charge in [-0.05, 0) is 37.1 Å². The Labute approximate surface area is 131 Å². The van der Waals surface area contributed by atoms with Crippen molar-refractivity contribution < 1.29 is 13.2 Å². The molecule has 1 atom stereocenters. The second-order valence-corrected chi connectivity index (χ2v) is 8.23. The zero-order valence-corrected chi connectivity index (χ0v) is 14.0. The van der Waals surface area contributed by atoms with Crippen LogP contribution in [0.5, 0.6) is 0 Å². The fourth-order valence-electron chi connectivity index (χ4n) is 2.64. The standard InChI is InChI=1S/C15H23N3O3S/c1-15(2)10-18(8-7-13(15)16)14(19)11-5-4-6-12(9-11)22(20,21)17-3/h4-6,9,13,17H,7-8,10,16H2,1-3H3. The summed E-state index contributed by atoms with van der Waals surface area (Å²) >= 11 is 0. The summed E-state index contributed by atoms with van der Waals surface area (Å²) in [4.78, 5) is 14.5. The molecule has 3 N–H and O–H groups in total. The van der Waals surface area contributed by atoms with Crippen molar-refractivity contribution in [2.75, 3.05) is 20.1 Å². The number of carbonyl (C=O) groups excluding carboxylic acids is 1. The van der Waals surface area contributed by atoms with Crippen molar-refractivity contribution >= 4 is 15.9 Å². The summed E-state index contributed by atoms with van der Waals surface area (Å²) in [5.41, 5.74) is 6.31. The molecule has 0 aromatic heterocycles. The minimum atomic E-state index is -3.56. The lowest BCUT2D eigenvalue weighted by Crippen LogP contribution is -2.54. The predicted molar refractivity (Wildman–Crippen MR) is 85.0 cm³/mol. The number of hydrogen-bond donors (Lipinski definition) is 2. The highest BCUT2D eigenvalue weighted by Gasteiger charge is 2.35. The number of benzene rings is 1. The third-order valence-electron chi connectivity index (χ3n) is 4.26. The summed E-state index contributed by atoms with van der Waals surface area (Å²) in [7, 11) is -2.21. The van der Waals surface area contributed by atoms with Gasteiger partial charge < -0.3 is 10.6 Å². The van der Waals surface area contributed by atoms with Gasteiger partial charge in [0.05, 0.1) is 4.90 Å². The summed E-state index contributed by atoms with van der Waals surface area (Å²) < 4.78 is 25.9. The van der Waals surface area contributed by atoms with Crippen molar-refractivity contribution in [1.29, 1.82) is 0 Å². The SMILES string of the molecule is CNS(=O)(=O)c1cccc(C(=O)N2CCC(N)C(C)(C)C2)c1. The molecule has 1 aliphatic heterocycles. The maximum absolute atomic E-state index is 12.6. The molecule has 1 aromatic rings. The number of piperidine rings is 1. The molecule has 22 heavy (non-hydrogen) atoms. The largest absolute Gasteiger partial charge is 0.338 e. The highest BCUT2D eigenvalue weighted by Crippen LogP contribution is 2.28. The third kappa shape index (κ3) is 3.31. The minimum Gasteiger partial charge on any atom is -0.338 e. The number of sulfonamides is 1. The normalized spacial score (nSPS) is 21.6. The van der Waals surface area contributed by atoms with Gasteiger partial charge in [0.2, 0.25) is 10.0 Å². The van der Waals surface area contributed by atoms with Gasteiger partial charge in [0.25, 0.3) is 5.91 Å². The first kappa shape index (κ1) is 16.9. The van der Waals surface area contributed by atoms with Crippen LogP contribution in [0, 0.1) is 5.41 Å². The van der Waals surface area contributed by atoms with E-state index >= 15 is 0 Å². The lowest BCUT2D eigenvalue weighted by molar-refractivity contribution is 0.0533. The Balaban J connectivity index is 2.26. The second-order valence-electron chi connectivity index (χ2n) is 6.35. The molecule has 0 bridgehead atoms. The van der Waals surface area contributed by atoms with E-state index in [0.717, 1.165) is 6.42 Å². The van der Waals surface area contributed by atoms with E-state index in [-0.39, 0.29) is 22.3 Å². The van der Waals surface area contributed by atoms with Crippen LogP contribution in [-0.2, 0) is 10.0 Å². The minimum absolute atomic E-state index is 0.0625. The average Bonchev–Trinajstić information content (AvgIpc) is 2.49. The fourth-order valence-corrected chi connectivity index (χ4v) is 3.42. The monoisotopic (exact) mass is 325 g/mol. The topological polar surface area (TPSA) is 92.5 Å². The lowest BCUT2D eigenvalue weighted by Gasteiger charge is -2.42. The Hall–Kier alpha value is -1.44. The van der Waals surface area contributed by atoms with Crippen molar-refractivity contribution in [3.63, 3.8) is 0 Å². The van der Waals surface area contributed by atoms with E-state index in [1.165, 1.54) is 19.2 Å². The molecule has 0 spiro atoms. The van der Waals surface area contributed by atoms with E-state index in [9.17, 15) is 13.2 Å². The number of amides is 1. The number of likely N-dealkylation sites (tertiary alicyclic amines) is 1. The van der Waals surface area contributed by atoms with Gasteiger partial charge >= 0.3 is 0 Å².